The van der Waals surface area contributed by atoms with Gasteiger partial charge in [0.25, 0.3) is 0 Å². The molecule has 0 radical (unpaired) electrons. The first kappa shape index (κ1) is 17.9. The van der Waals surface area contributed by atoms with Crippen molar-refractivity contribution in [2.45, 2.75) is 0 Å². The van der Waals surface area contributed by atoms with Crippen LogP contribution < -0.4 is 0 Å². The number of nitrogens with zero attached hydrogens (tertiary/aromatic N) is 1. The second kappa shape index (κ2) is 6.90. The number of esters is 1. The van der Waals surface area contributed by atoms with Crippen molar-refractivity contribution in [2.75, 3.05) is 37.7 Å². The summed E-state index contributed by atoms with van der Waals surface area (Å²) in [5, 5.41) is 0. The molecule has 0 atom stereocenters. The van der Waals surface area contributed by atoms with Gasteiger partial charge in [0.05, 0.1) is 17.1 Å². The predicted molar refractivity (Wildman–Crippen MR) is 101 cm³/mol. The molecule has 0 unspecified atom stereocenters. The highest BCUT2D eigenvalue weighted by atomic mass is 32.2. The van der Waals surface area contributed by atoms with E-state index in [1.165, 1.54) is 0 Å². The van der Waals surface area contributed by atoms with E-state index >= 15 is 0 Å². The van der Waals surface area contributed by atoms with Crippen molar-refractivity contribution in [2.24, 2.45) is 0 Å². The molecule has 1 aliphatic heterocycles. The van der Waals surface area contributed by atoms with Crippen LogP contribution in [0.2, 0.25) is 0 Å². The van der Waals surface area contributed by atoms with Gasteiger partial charge >= 0.3 is 5.97 Å². The number of hydrogen-bond acceptors (Lipinski definition) is 6. The lowest BCUT2D eigenvalue weighted by Crippen LogP contribution is -2.41. The molecule has 2 aromatic carbocycles. The van der Waals surface area contributed by atoms with E-state index < -0.39 is 15.8 Å². The van der Waals surface area contributed by atoms with Gasteiger partial charge in [0.15, 0.2) is 15.6 Å². The number of ketones is 1. The summed E-state index contributed by atoms with van der Waals surface area (Å²) in [6, 6.07) is 12.5. The molecule has 0 aromatic heterocycles. The number of sulfone groups is 1. The van der Waals surface area contributed by atoms with Gasteiger partial charge in [-0.2, -0.15) is 0 Å². The molecule has 0 bridgehead atoms. The zero-order valence-corrected chi connectivity index (χ0v) is 15.5. The first-order valence-electron chi connectivity index (χ1n) is 8.83. The lowest BCUT2D eigenvalue weighted by Gasteiger charge is -2.26. The van der Waals surface area contributed by atoms with Gasteiger partial charge in [-0.25, -0.2) is 13.2 Å². The smallest absolute Gasteiger partial charge is 0.338 e. The van der Waals surface area contributed by atoms with Gasteiger partial charge in [-0.15, -0.1) is 0 Å². The van der Waals surface area contributed by atoms with Gasteiger partial charge in [-0.3, -0.25) is 9.69 Å². The number of hydrogen-bond donors (Lipinski definition) is 0. The van der Waals surface area contributed by atoms with Crippen LogP contribution in [0.15, 0.2) is 42.5 Å². The Kier molecular flexibility index (Phi) is 4.57. The molecule has 1 aliphatic carbocycles. The van der Waals surface area contributed by atoms with Gasteiger partial charge in [-0.05, 0) is 17.2 Å². The molecule has 27 heavy (non-hydrogen) atoms. The van der Waals surface area contributed by atoms with Gasteiger partial charge in [0.1, 0.15) is 6.61 Å². The fourth-order valence-corrected chi connectivity index (χ4v) is 4.84. The monoisotopic (exact) mass is 385 g/mol. The van der Waals surface area contributed by atoms with E-state index in [1.54, 1.807) is 24.3 Å². The van der Waals surface area contributed by atoms with Crippen molar-refractivity contribution < 1.29 is 22.7 Å². The summed E-state index contributed by atoms with van der Waals surface area (Å²) < 4.78 is 28.3. The molecule has 6 nitrogen and oxygen atoms in total. The summed E-state index contributed by atoms with van der Waals surface area (Å²) in [6.45, 7) is 1.54. The van der Waals surface area contributed by atoms with Gasteiger partial charge in [-0.1, -0.05) is 36.4 Å². The van der Waals surface area contributed by atoms with Crippen molar-refractivity contribution in [1.82, 2.24) is 4.90 Å². The summed E-state index contributed by atoms with van der Waals surface area (Å²) in [5.41, 5.74) is 2.86. The zero-order valence-electron chi connectivity index (χ0n) is 14.7. The lowest BCUT2D eigenvalue weighted by atomic mass is 10.0. The second-order valence-electron chi connectivity index (χ2n) is 6.73. The molecule has 140 valence electrons. The minimum Gasteiger partial charge on any atom is -0.461 e. The van der Waals surface area contributed by atoms with E-state index in [0.29, 0.717) is 30.8 Å². The van der Waals surface area contributed by atoms with E-state index in [9.17, 15) is 18.0 Å². The minimum atomic E-state index is -2.93. The topological polar surface area (TPSA) is 80.8 Å². The molecular weight excluding hydrogens is 366 g/mol. The Morgan fingerprint density at radius 1 is 0.963 bits per heavy atom. The molecule has 1 heterocycles. The summed E-state index contributed by atoms with van der Waals surface area (Å²) in [4.78, 5) is 27.2. The molecule has 2 aromatic rings. The van der Waals surface area contributed by atoms with Crippen LogP contribution in [0.4, 0.5) is 0 Å². The average molecular weight is 385 g/mol. The minimum absolute atomic E-state index is 0.139. The molecule has 0 amide bonds. The second-order valence-corrected chi connectivity index (χ2v) is 9.04. The fraction of sp³-hybridized carbons (Fsp3) is 0.300. The summed E-state index contributed by atoms with van der Waals surface area (Å²) >= 11 is 0. The van der Waals surface area contributed by atoms with E-state index in [0.717, 1.165) is 11.1 Å². The van der Waals surface area contributed by atoms with E-state index in [-0.39, 0.29) is 29.5 Å². The van der Waals surface area contributed by atoms with Crippen molar-refractivity contribution in [3.8, 4) is 11.1 Å². The molecule has 4 rings (SSSR count). The Balaban J connectivity index is 1.45. The van der Waals surface area contributed by atoms with E-state index in [1.807, 2.05) is 23.1 Å². The van der Waals surface area contributed by atoms with Gasteiger partial charge in [0, 0.05) is 30.8 Å². The Morgan fingerprint density at radius 3 is 2.37 bits per heavy atom. The van der Waals surface area contributed by atoms with Crippen LogP contribution in [-0.4, -0.2) is 62.8 Å². The average Bonchev–Trinajstić information content (AvgIpc) is 2.96. The zero-order chi connectivity index (χ0) is 19.0. The molecule has 0 spiro atoms. The largest absolute Gasteiger partial charge is 0.461 e. The Labute approximate surface area is 157 Å². The predicted octanol–water partition coefficient (Wildman–Crippen LogP) is 1.79. The van der Waals surface area contributed by atoms with Gasteiger partial charge < -0.3 is 4.74 Å². The molecule has 7 heteroatoms. The quantitative estimate of drug-likeness (QED) is 0.637. The number of carbonyl (C=O) groups is 2. The van der Waals surface area contributed by atoms with E-state index in [4.69, 9.17) is 4.74 Å². The van der Waals surface area contributed by atoms with Crippen LogP contribution in [0.25, 0.3) is 11.1 Å². The standard InChI is InChI=1S/C20H19NO5S/c22-19-16-5-2-1-4-14(16)15-6-3-7-17(18(15)19)20(23)26-11-8-21-9-12-27(24,25)13-10-21/h1-7H,8-13H2. The molecule has 0 saturated carbocycles. The number of fused-ring (bicyclic) bond motifs is 3. The fourth-order valence-electron chi connectivity index (χ4n) is 3.56. The number of benzene rings is 2. The van der Waals surface area contributed by atoms with Crippen LogP contribution in [-0.2, 0) is 14.6 Å². The normalized spacial score (nSPS) is 18.0. The van der Waals surface area contributed by atoms with Crippen molar-refractivity contribution in [1.29, 1.82) is 0 Å². The van der Waals surface area contributed by atoms with Crippen LogP contribution in [0, 0.1) is 0 Å². The van der Waals surface area contributed by atoms with Crippen molar-refractivity contribution in [3.05, 3.63) is 59.2 Å². The highest BCUT2D eigenvalue weighted by molar-refractivity contribution is 7.91. The van der Waals surface area contributed by atoms with Crippen molar-refractivity contribution in [3.63, 3.8) is 0 Å². The molecular formula is C20H19NO5S. The van der Waals surface area contributed by atoms with E-state index in [2.05, 4.69) is 0 Å². The van der Waals surface area contributed by atoms with Crippen LogP contribution in [0.5, 0.6) is 0 Å². The Morgan fingerprint density at radius 2 is 1.63 bits per heavy atom. The number of carbonyl (C=O) groups excluding carboxylic acids is 2. The summed E-state index contributed by atoms with van der Waals surface area (Å²) in [7, 11) is -2.93. The molecule has 1 fully saturated rings. The maximum absolute atomic E-state index is 12.7. The first-order valence-corrected chi connectivity index (χ1v) is 10.7. The highest BCUT2D eigenvalue weighted by Gasteiger charge is 2.31. The van der Waals surface area contributed by atoms with Gasteiger partial charge in [0.2, 0.25) is 0 Å². The SMILES string of the molecule is O=C(OCCN1CCS(=O)(=O)CC1)c1cccc2c1C(=O)c1ccccc1-2. The Hall–Kier alpha value is -2.51. The maximum Gasteiger partial charge on any atom is 0.338 e. The lowest BCUT2D eigenvalue weighted by molar-refractivity contribution is 0.0463. The molecule has 1 saturated heterocycles. The summed E-state index contributed by atoms with van der Waals surface area (Å²) in [6.07, 6.45) is 0. The third kappa shape index (κ3) is 3.40. The van der Waals surface area contributed by atoms with Crippen LogP contribution in [0.3, 0.4) is 0 Å². The number of rotatable bonds is 4. The summed E-state index contributed by atoms with van der Waals surface area (Å²) in [5.74, 6) is -0.410. The first-order chi connectivity index (χ1) is 13.0. The Bertz CT molecular complexity index is 1010. The third-order valence-corrected chi connectivity index (χ3v) is 6.66. The van der Waals surface area contributed by atoms with Crippen LogP contribution >= 0.6 is 0 Å². The molecule has 0 N–H and O–H groups in total. The maximum atomic E-state index is 12.7. The van der Waals surface area contributed by atoms with Crippen LogP contribution in [0.1, 0.15) is 26.3 Å². The third-order valence-electron chi connectivity index (χ3n) is 5.05. The van der Waals surface area contributed by atoms with Crippen molar-refractivity contribution >= 4 is 21.6 Å². The number of ether oxygens (including phenoxy) is 1. The molecule has 2 aliphatic rings. The highest BCUT2D eigenvalue weighted by Crippen LogP contribution is 2.38.